The van der Waals surface area contributed by atoms with Crippen molar-refractivity contribution in [1.29, 1.82) is 0 Å². The van der Waals surface area contributed by atoms with E-state index in [0.29, 0.717) is 38.5 Å². The summed E-state index contributed by atoms with van der Waals surface area (Å²) in [5.41, 5.74) is 3.94. The average Bonchev–Trinajstić information content (AvgIpc) is 3.34. The number of halogens is 1. The van der Waals surface area contributed by atoms with E-state index < -0.39 is 10.2 Å². The highest BCUT2D eigenvalue weighted by atomic mass is 35.5. The molecular weight excluding hydrogens is 464 g/mol. The van der Waals surface area contributed by atoms with Gasteiger partial charge in [0.1, 0.15) is 17.5 Å². The van der Waals surface area contributed by atoms with Gasteiger partial charge in [-0.1, -0.05) is 16.8 Å². The SMILES string of the molecule is CCO/N=C1\CCc2cc(OCCCCCN3CCN(c4ccnc(Cl)c4)S3(=O)=O)ccc21. The molecule has 1 aliphatic heterocycles. The Morgan fingerprint density at radius 3 is 2.82 bits per heavy atom. The van der Waals surface area contributed by atoms with Crippen LogP contribution >= 0.6 is 11.6 Å². The first kappa shape index (κ1) is 23.8. The quantitative estimate of drug-likeness (QED) is 0.284. The van der Waals surface area contributed by atoms with Gasteiger partial charge < -0.3 is 9.57 Å². The van der Waals surface area contributed by atoms with Crippen LogP contribution in [0.5, 0.6) is 5.75 Å². The maximum Gasteiger partial charge on any atom is 0.304 e. The van der Waals surface area contributed by atoms with Crippen molar-refractivity contribution >= 4 is 33.2 Å². The zero-order valence-corrected chi connectivity index (χ0v) is 20.3. The molecule has 0 atom stereocenters. The van der Waals surface area contributed by atoms with E-state index in [-0.39, 0.29) is 5.15 Å². The molecule has 0 radical (unpaired) electrons. The Labute approximate surface area is 200 Å². The van der Waals surface area contributed by atoms with Crippen LogP contribution in [-0.2, 0) is 21.5 Å². The number of nitrogens with zero attached hydrogens (tertiary/aromatic N) is 4. The molecule has 8 nitrogen and oxygen atoms in total. The maximum atomic E-state index is 12.8. The number of aryl methyl sites for hydroxylation is 1. The maximum absolute atomic E-state index is 12.8. The van der Waals surface area contributed by atoms with E-state index in [1.165, 1.54) is 20.4 Å². The summed E-state index contributed by atoms with van der Waals surface area (Å²) in [6.07, 6.45) is 5.91. The molecule has 1 fully saturated rings. The van der Waals surface area contributed by atoms with Crippen molar-refractivity contribution in [3.05, 3.63) is 52.8 Å². The summed E-state index contributed by atoms with van der Waals surface area (Å²) in [7, 11) is -3.52. The summed E-state index contributed by atoms with van der Waals surface area (Å²) in [4.78, 5) is 9.11. The Balaban J connectivity index is 1.19. The lowest BCUT2D eigenvalue weighted by atomic mass is 10.1. The lowest BCUT2D eigenvalue weighted by molar-refractivity contribution is 0.158. The summed E-state index contributed by atoms with van der Waals surface area (Å²) in [5, 5.41) is 4.48. The summed E-state index contributed by atoms with van der Waals surface area (Å²) in [6, 6.07) is 9.35. The van der Waals surface area contributed by atoms with Crippen LogP contribution in [0.1, 0.15) is 43.7 Å². The molecule has 0 N–H and O–H groups in total. The van der Waals surface area contributed by atoms with E-state index in [1.54, 1.807) is 12.1 Å². The zero-order chi connectivity index (χ0) is 23.3. The van der Waals surface area contributed by atoms with Crippen LogP contribution in [0.3, 0.4) is 0 Å². The molecule has 10 heteroatoms. The normalized spacial score (nSPS) is 18.6. The molecule has 178 valence electrons. The van der Waals surface area contributed by atoms with Gasteiger partial charge in [-0.2, -0.15) is 12.7 Å². The standard InChI is InChI=1S/C23H29ClN4O4S/c1-2-32-26-22-9-6-18-16-20(7-8-21(18)22)31-15-5-3-4-12-27-13-14-28(33(27,29)30)19-10-11-25-23(24)17-19/h7-8,10-11,16-17H,2-6,9,12-15H2,1H3/b26-22+. The van der Waals surface area contributed by atoms with Crippen molar-refractivity contribution in [2.75, 3.05) is 37.2 Å². The van der Waals surface area contributed by atoms with Gasteiger partial charge in [0.25, 0.3) is 0 Å². The highest BCUT2D eigenvalue weighted by molar-refractivity contribution is 7.90. The fraction of sp³-hybridized carbons (Fsp3) is 0.478. The second-order valence-corrected chi connectivity index (χ2v) is 10.2. The molecule has 1 aliphatic carbocycles. The Morgan fingerprint density at radius 2 is 2.00 bits per heavy atom. The molecule has 33 heavy (non-hydrogen) atoms. The van der Waals surface area contributed by atoms with Crippen LogP contribution in [0.25, 0.3) is 0 Å². The molecule has 4 rings (SSSR count). The highest BCUT2D eigenvalue weighted by Crippen LogP contribution is 2.28. The Bertz CT molecular complexity index is 1110. The fourth-order valence-electron chi connectivity index (χ4n) is 4.14. The minimum absolute atomic E-state index is 0.281. The number of anilines is 1. The molecule has 0 unspecified atom stereocenters. The second-order valence-electron chi connectivity index (χ2n) is 8.00. The van der Waals surface area contributed by atoms with Crippen molar-refractivity contribution in [2.24, 2.45) is 5.16 Å². The number of oxime groups is 1. The van der Waals surface area contributed by atoms with Crippen LogP contribution in [-0.4, -0.2) is 56.3 Å². The highest BCUT2D eigenvalue weighted by Gasteiger charge is 2.36. The summed E-state index contributed by atoms with van der Waals surface area (Å²) < 4.78 is 34.5. The minimum Gasteiger partial charge on any atom is -0.494 e. The van der Waals surface area contributed by atoms with Crippen LogP contribution in [0.4, 0.5) is 5.69 Å². The first-order valence-corrected chi connectivity index (χ1v) is 13.1. The third-order valence-corrected chi connectivity index (χ3v) is 7.97. The van der Waals surface area contributed by atoms with Crippen molar-refractivity contribution in [3.63, 3.8) is 0 Å². The molecular formula is C23H29ClN4O4S. The molecule has 2 aromatic rings. The topological polar surface area (TPSA) is 84.3 Å². The molecule has 1 saturated heterocycles. The van der Waals surface area contributed by atoms with E-state index in [0.717, 1.165) is 49.1 Å². The van der Waals surface area contributed by atoms with E-state index in [4.69, 9.17) is 21.2 Å². The smallest absolute Gasteiger partial charge is 0.304 e. The Kier molecular flexibility index (Phi) is 7.72. The van der Waals surface area contributed by atoms with Crippen molar-refractivity contribution < 1.29 is 18.0 Å². The number of benzene rings is 1. The van der Waals surface area contributed by atoms with Gasteiger partial charge in [0.15, 0.2) is 0 Å². The second kappa shape index (κ2) is 10.7. The zero-order valence-electron chi connectivity index (χ0n) is 18.7. The number of unbranched alkanes of at least 4 members (excludes halogenated alkanes) is 2. The van der Waals surface area contributed by atoms with Crippen LogP contribution in [0, 0.1) is 0 Å². The van der Waals surface area contributed by atoms with Crippen LogP contribution in [0.15, 0.2) is 41.7 Å². The lowest BCUT2D eigenvalue weighted by Gasteiger charge is -2.20. The van der Waals surface area contributed by atoms with Gasteiger partial charge in [-0.3, -0.25) is 4.31 Å². The Hall–Kier alpha value is -2.36. The molecule has 0 amide bonds. The first-order valence-electron chi connectivity index (χ1n) is 11.3. The van der Waals surface area contributed by atoms with Gasteiger partial charge in [-0.05, 0) is 74.9 Å². The molecule has 2 aliphatic rings. The summed E-state index contributed by atoms with van der Waals surface area (Å²) in [5.74, 6) is 0.861. The number of ether oxygens (including phenoxy) is 1. The largest absolute Gasteiger partial charge is 0.494 e. The van der Waals surface area contributed by atoms with Gasteiger partial charge in [-0.15, -0.1) is 0 Å². The molecule has 1 aromatic carbocycles. The van der Waals surface area contributed by atoms with Crippen LogP contribution in [0.2, 0.25) is 5.15 Å². The Morgan fingerprint density at radius 1 is 1.12 bits per heavy atom. The predicted molar refractivity (Wildman–Crippen MR) is 129 cm³/mol. The van der Waals surface area contributed by atoms with Gasteiger partial charge in [-0.25, -0.2) is 4.98 Å². The fourth-order valence-corrected chi connectivity index (χ4v) is 5.95. The lowest BCUT2D eigenvalue weighted by Crippen LogP contribution is -2.33. The summed E-state index contributed by atoms with van der Waals surface area (Å²) >= 11 is 5.91. The van der Waals surface area contributed by atoms with Crippen LogP contribution < -0.4 is 9.04 Å². The monoisotopic (exact) mass is 492 g/mol. The number of hydrogen-bond acceptors (Lipinski definition) is 6. The minimum atomic E-state index is -3.52. The third-order valence-electron chi connectivity index (χ3n) is 5.80. The van der Waals surface area contributed by atoms with Gasteiger partial charge in [0.2, 0.25) is 0 Å². The van der Waals surface area contributed by atoms with Crippen molar-refractivity contribution in [1.82, 2.24) is 9.29 Å². The molecule has 1 aromatic heterocycles. The predicted octanol–water partition coefficient (Wildman–Crippen LogP) is 4.04. The first-order chi connectivity index (χ1) is 16.0. The van der Waals surface area contributed by atoms with E-state index in [2.05, 4.69) is 22.3 Å². The van der Waals surface area contributed by atoms with Gasteiger partial charge >= 0.3 is 10.2 Å². The van der Waals surface area contributed by atoms with Crippen molar-refractivity contribution in [3.8, 4) is 5.75 Å². The summed E-state index contributed by atoms with van der Waals surface area (Å²) in [6.45, 7) is 4.49. The number of aromatic nitrogens is 1. The molecule has 0 spiro atoms. The van der Waals surface area contributed by atoms with Gasteiger partial charge in [0, 0.05) is 31.4 Å². The van der Waals surface area contributed by atoms with E-state index in [1.807, 2.05) is 13.0 Å². The van der Waals surface area contributed by atoms with E-state index in [9.17, 15) is 8.42 Å². The van der Waals surface area contributed by atoms with Gasteiger partial charge in [0.05, 0.1) is 18.0 Å². The number of pyridine rings is 1. The number of hydrogen-bond donors (Lipinski definition) is 0. The average molecular weight is 493 g/mol. The molecule has 0 bridgehead atoms. The van der Waals surface area contributed by atoms with Crippen molar-refractivity contribution in [2.45, 2.75) is 39.0 Å². The molecule has 2 heterocycles. The number of rotatable bonds is 10. The number of fused-ring (bicyclic) bond motifs is 1. The van der Waals surface area contributed by atoms with E-state index >= 15 is 0 Å². The molecule has 0 saturated carbocycles. The third kappa shape index (κ3) is 5.59.